The SMILES string of the molecule is C[C@H](OC(=O)c1ccc(F)cc1)C(=O)Nc1ccc(C(N)=O)cc1. The predicted molar refractivity (Wildman–Crippen MR) is 84.9 cm³/mol. The summed E-state index contributed by atoms with van der Waals surface area (Å²) in [4.78, 5) is 34.9. The first-order valence-electron chi connectivity index (χ1n) is 7.04. The number of esters is 1. The molecule has 3 N–H and O–H groups in total. The van der Waals surface area contributed by atoms with Crippen molar-refractivity contribution in [1.29, 1.82) is 0 Å². The molecule has 0 saturated carbocycles. The summed E-state index contributed by atoms with van der Waals surface area (Å²) in [6.07, 6.45) is -1.06. The number of amides is 2. The minimum atomic E-state index is -1.06. The molecule has 24 heavy (non-hydrogen) atoms. The highest BCUT2D eigenvalue weighted by Crippen LogP contribution is 2.11. The van der Waals surface area contributed by atoms with Crippen LogP contribution >= 0.6 is 0 Å². The van der Waals surface area contributed by atoms with Gasteiger partial charge in [-0.25, -0.2) is 9.18 Å². The van der Waals surface area contributed by atoms with Crippen molar-refractivity contribution in [3.05, 3.63) is 65.5 Å². The van der Waals surface area contributed by atoms with Gasteiger partial charge in [-0.2, -0.15) is 0 Å². The van der Waals surface area contributed by atoms with E-state index in [1.165, 1.54) is 43.3 Å². The molecular weight excluding hydrogens is 315 g/mol. The Morgan fingerprint density at radius 1 is 1.00 bits per heavy atom. The predicted octanol–water partition coefficient (Wildman–Crippen LogP) is 2.11. The maximum absolute atomic E-state index is 12.8. The third-order valence-corrected chi connectivity index (χ3v) is 3.17. The van der Waals surface area contributed by atoms with Gasteiger partial charge >= 0.3 is 5.97 Å². The summed E-state index contributed by atoms with van der Waals surface area (Å²) in [6.45, 7) is 1.41. The lowest BCUT2D eigenvalue weighted by Crippen LogP contribution is -2.30. The Balaban J connectivity index is 1.95. The lowest BCUT2D eigenvalue weighted by molar-refractivity contribution is -0.123. The molecule has 6 nitrogen and oxygen atoms in total. The van der Waals surface area contributed by atoms with Crippen LogP contribution in [0.4, 0.5) is 10.1 Å². The van der Waals surface area contributed by atoms with Gasteiger partial charge in [-0.15, -0.1) is 0 Å². The van der Waals surface area contributed by atoms with Crippen molar-refractivity contribution < 1.29 is 23.5 Å². The highest BCUT2D eigenvalue weighted by Gasteiger charge is 2.19. The number of carbonyl (C=O) groups excluding carboxylic acids is 3. The monoisotopic (exact) mass is 330 g/mol. The van der Waals surface area contributed by atoms with Crippen LogP contribution < -0.4 is 11.1 Å². The van der Waals surface area contributed by atoms with Crippen LogP contribution in [0.1, 0.15) is 27.6 Å². The quantitative estimate of drug-likeness (QED) is 0.820. The second kappa shape index (κ2) is 7.36. The van der Waals surface area contributed by atoms with E-state index < -0.39 is 29.7 Å². The Morgan fingerprint density at radius 2 is 1.54 bits per heavy atom. The van der Waals surface area contributed by atoms with Gasteiger partial charge in [-0.1, -0.05) is 0 Å². The molecule has 0 saturated heterocycles. The number of benzene rings is 2. The molecule has 0 spiro atoms. The number of halogens is 1. The molecule has 0 unspecified atom stereocenters. The van der Waals surface area contributed by atoms with Crippen molar-refractivity contribution >= 4 is 23.5 Å². The van der Waals surface area contributed by atoms with Gasteiger partial charge in [-0.3, -0.25) is 9.59 Å². The molecule has 2 amide bonds. The average Bonchev–Trinajstić information content (AvgIpc) is 2.55. The second-order valence-corrected chi connectivity index (χ2v) is 4.99. The number of primary amides is 1. The molecule has 7 heteroatoms. The number of hydrogen-bond acceptors (Lipinski definition) is 4. The summed E-state index contributed by atoms with van der Waals surface area (Å²) in [6, 6.07) is 10.7. The van der Waals surface area contributed by atoms with E-state index in [2.05, 4.69) is 5.32 Å². The molecule has 0 radical (unpaired) electrons. The molecule has 0 heterocycles. The molecule has 0 aromatic heterocycles. The molecule has 2 rings (SSSR count). The number of anilines is 1. The summed E-state index contributed by atoms with van der Waals surface area (Å²) in [5.74, 6) is -2.33. The van der Waals surface area contributed by atoms with Crippen molar-refractivity contribution in [2.24, 2.45) is 5.73 Å². The fourth-order valence-electron chi connectivity index (χ4n) is 1.83. The first-order valence-corrected chi connectivity index (χ1v) is 7.04. The summed E-state index contributed by atoms with van der Waals surface area (Å²) in [7, 11) is 0. The van der Waals surface area contributed by atoms with Crippen LogP contribution in [0.25, 0.3) is 0 Å². The molecule has 1 atom stereocenters. The minimum absolute atomic E-state index is 0.141. The molecule has 0 aliphatic rings. The van der Waals surface area contributed by atoms with Gasteiger partial charge in [-0.05, 0) is 55.5 Å². The molecule has 0 fully saturated rings. The first-order chi connectivity index (χ1) is 11.4. The summed E-state index contributed by atoms with van der Waals surface area (Å²) in [5, 5.41) is 2.55. The van der Waals surface area contributed by atoms with Crippen LogP contribution in [0.15, 0.2) is 48.5 Å². The standard InChI is InChI=1S/C17H15FN2O4/c1-10(24-17(23)12-2-6-13(18)7-3-12)16(22)20-14-8-4-11(5-9-14)15(19)21/h2-10H,1H3,(H2,19,21)(H,20,22)/t10-/m0/s1. The van der Waals surface area contributed by atoms with Crippen LogP contribution in [0, 0.1) is 5.82 Å². The highest BCUT2D eigenvalue weighted by molar-refractivity contribution is 5.98. The van der Waals surface area contributed by atoms with Gasteiger partial charge in [0.1, 0.15) is 5.82 Å². The fourth-order valence-corrected chi connectivity index (χ4v) is 1.83. The average molecular weight is 330 g/mol. The first kappa shape index (κ1) is 17.1. The number of rotatable bonds is 5. The van der Waals surface area contributed by atoms with E-state index >= 15 is 0 Å². The lowest BCUT2D eigenvalue weighted by atomic mass is 10.2. The van der Waals surface area contributed by atoms with E-state index in [0.717, 1.165) is 12.1 Å². The maximum Gasteiger partial charge on any atom is 0.338 e. The fraction of sp³-hybridized carbons (Fsp3) is 0.118. The Morgan fingerprint density at radius 3 is 2.08 bits per heavy atom. The summed E-state index contributed by atoms with van der Waals surface area (Å²) >= 11 is 0. The highest BCUT2D eigenvalue weighted by atomic mass is 19.1. The van der Waals surface area contributed by atoms with Crippen LogP contribution in [0.2, 0.25) is 0 Å². The Kier molecular flexibility index (Phi) is 5.26. The zero-order chi connectivity index (χ0) is 17.7. The number of nitrogens with one attached hydrogen (secondary N) is 1. The van der Waals surface area contributed by atoms with Crippen molar-refractivity contribution in [2.75, 3.05) is 5.32 Å². The van der Waals surface area contributed by atoms with E-state index in [1.807, 2.05) is 0 Å². The van der Waals surface area contributed by atoms with E-state index in [9.17, 15) is 18.8 Å². The summed E-state index contributed by atoms with van der Waals surface area (Å²) < 4.78 is 17.8. The molecule has 2 aromatic rings. The van der Waals surface area contributed by atoms with Crippen molar-refractivity contribution in [2.45, 2.75) is 13.0 Å². The van der Waals surface area contributed by atoms with Crippen LogP contribution in [0.5, 0.6) is 0 Å². The van der Waals surface area contributed by atoms with Crippen molar-refractivity contribution in [1.82, 2.24) is 0 Å². The Hall–Kier alpha value is -3.22. The van der Waals surface area contributed by atoms with Crippen LogP contribution in [-0.2, 0) is 9.53 Å². The number of ether oxygens (including phenoxy) is 1. The van der Waals surface area contributed by atoms with Crippen molar-refractivity contribution in [3.8, 4) is 0 Å². The van der Waals surface area contributed by atoms with E-state index in [0.29, 0.717) is 11.3 Å². The Bertz CT molecular complexity index is 757. The third-order valence-electron chi connectivity index (χ3n) is 3.17. The molecule has 0 bridgehead atoms. The zero-order valence-corrected chi connectivity index (χ0v) is 12.8. The summed E-state index contributed by atoms with van der Waals surface area (Å²) in [5.41, 5.74) is 6.00. The number of nitrogens with two attached hydrogens (primary N) is 1. The molecular formula is C17H15FN2O4. The van der Waals surface area contributed by atoms with E-state index in [4.69, 9.17) is 10.5 Å². The topological polar surface area (TPSA) is 98.5 Å². The van der Waals surface area contributed by atoms with Crippen LogP contribution in [0.3, 0.4) is 0 Å². The minimum Gasteiger partial charge on any atom is -0.449 e. The molecule has 124 valence electrons. The van der Waals surface area contributed by atoms with E-state index in [-0.39, 0.29) is 5.56 Å². The van der Waals surface area contributed by atoms with Gasteiger partial charge < -0.3 is 15.8 Å². The van der Waals surface area contributed by atoms with Crippen molar-refractivity contribution in [3.63, 3.8) is 0 Å². The van der Waals surface area contributed by atoms with Gasteiger partial charge in [0, 0.05) is 11.3 Å². The smallest absolute Gasteiger partial charge is 0.338 e. The normalized spacial score (nSPS) is 11.4. The number of carbonyl (C=O) groups is 3. The number of hydrogen-bond donors (Lipinski definition) is 2. The lowest BCUT2D eigenvalue weighted by Gasteiger charge is -2.13. The van der Waals surface area contributed by atoms with Gasteiger partial charge in [0.05, 0.1) is 5.56 Å². The zero-order valence-electron chi connectivity index (χ0n) is 12.8. The van der Waals surface area contributed by atoms with Gasteiger partial charge in [0.2, 0.25) is 5.91 Å². The molecule has 0 aliphatic heterocycles. The van der Waals surface area contributed by atoms with Gasteiger partial charge in [0.15, 0.2) is 6.10 Å². The van der Waals surface area contributed by atoms with E-state index in [1.54, 1.807) is 0 Å². The third kappa shape index (κ3) is 4.39. The van der Waals surface area contributed by atoms with Crippen LogP contribution in [-0.4, -0.2) is 23.9 Å². The Labute approximate surface area is 137 Å². The molecule has 2 aromatic carbocycles. The molecule has 0 aliphatic carbocycles. The van der Waals surface area contributed by atoms with Gasteiger partial charge in [0.25, 0.3) is 5.91 Å². The second-order valence-electron chi connectivity index (χ2n) is 4.99. The maximum atomic E-state index is 12.8. The largest absolute Gasteiger partial charge is 0.449 e.